The zero-order valence-electron chi connectivity index (χ0n) is 7.26. The normalized spacial score (nSPS) is 26.8. The smallest absolute Gasteiger partial charge is 0.0657 e. The van der Waals surface area contributed by atoms with Crippen LogP contribution < -0.4 is 0 Å². The predicted octanol–water partition coefficient (Wildman–Crippen LogP) is 3.75. The van der Waals surface area contributed by atoms with Crippen molar-refractivity contribution in [1.29, 1.82) is 0 Å². The van der Waals surface area contributed by atoms with Crippen molar-refractivity contribution < 1.29 is 0 Å². The maximum atomic E-state index is 2.52. The topological polar surface area (TPSA) is 0 Å². The lowest BCUT2D eigenvalue weighted by atomic mass is 9.99. The highest BCUT2D eigenvalue weighted by Crippen LogP contribution is 2.46. The lowest BCUT2D eigenvalue weighted by molar-refractivity contribution is 0.882. The number of allylic oxidation sites excluding steroid dienone is 1. The van der Waals surface area contributed by atoms with Crippen molar-refractivity contribution in [2.75, 3.05) is 0 Å². The second kappa shape index (κ2) is 2.59. The van der Waals surface area contributed by atoms with Crippen LogP contribution >= 0.6 is 22.6 Å². The van der Waals surface area contributed by atoms with E-state index in [-0.39, 0.29) is 3.42 Å². The molecule has 1 aliphatic carbocycles. The van der Waals surface area contributed by atoms with Gasteiger partial charge in [0, 0.05) is 0 Å². The molecule has 0 saturated heterocycles. The molecule has 1 aliphatic rings. The predicted molar refractivity (Wildman–Crippen MR) is 61.5 cm³/mol. The SMILES string of the molecule is CC1=Cc2ccccc2C1(C)I. The summed E-state index contributed by atoms with van der Waals surface area (Å²) in [4.78, 5) is 0. The molecule has 0 nitrogen and oxygen atoms in total. The van der Waals surface area contributed by atoms with E-state index in [4.69, 9.17) is 0 Å². The minimum atomic E-state index is 0.217. The molecule has 0 aromatic heterocycles. The monoisotopic (exact) mass is 270 g/mol. The summed E-state index contributed by atoms with van der Waals surface area (Å²) in [6, 6.07) is 8.61. The number of alkyl halides is 1. The maximum Gasteiger partial charge on any atom is 0.0657 e. The van der Waals surface area contributed by atoms with Gasteiger partial charge in [0.2, 0.25) is 0 Å². The van der Waals surface area contributed by atoms with Gasteiger partial charge in [-0.25, -0.2) is 0 Å². The molecule has 0 saturated carbocycles. The van der Waals surface area contributed by atoms with E-state index < -0.39 is 0 Å². The second-order valence-electron chi connectivity index (χ2n) is 3.42. The van der Waals surface area contributed by atoms with Gasteiger partial charge in [-0.3, -0.25) is 0 Å². The minimum Gasteiger partial charge on any atom is -0.0690 e. The van der Waals surface area contributed by atoms with Crippen LogP contribution in [-0.4, -0.2) is 0 Å². The Kier molecular flexibility index (Phi) is 1.79. The third-order valence-corrected chi connectivity index (χ3v) is 4.01. The lowest BCUT2D eigenvalue weighted by Crippen LogP contribution is -2.10. The Morgan fingerprint density at radius 2 is 1.92 bits per heavy atom. The van der Waals surface area contributed by atoms with Crippen molar-refractivity contribution in [3.63, 3.8) is 0 Å². The molecule has 0 bridgehead atoms. The molecule has 62 valence electrons. The number of hydrogen-bond acceptors (Lipinski definition) is 0. The highest BCUT2D eigenvalue weighted by Gasteiger charge is 2.31. The zero-order chi connectivity index (χ0) is 8.77. The van der Waals surface area contributed by atoms with Crippen LogP contribution in [0.25, 0.3) is 6.08 Å². The first kappa shape index (κ1) is 8.30. The minimum absolute atomic E-state index is 0.217. The van der Waals surface area contributed by atoms with Gasteiger partial charge in [-0.2, -0.15) is 0 Å². The standard InChI is InChI=1S/C11H11I/c1-8-7-9-5-3-4-6-10(9)11(8,2)12/h3-7H,1-2H3. The lowest BCUT2D eigenvalue weighted by Gasteiger charge is -2.19. The fourth-order valence-corrected chi connectivity index (χ4v) is 2.28. The molecule has 0 N–H and O–H groups in total. The van der Waals surface area contributed by atoms with Crippen molar-refractivity contribution in [3.05, 3.63) is 41.0 Å². The summed E-state index contributed by atoms with van der Waals surface area (Å²) in [7, 11) is 0. The van der Waals surface area contributed by atoms with E-state index in [0.29, 0.717) is 0 Å². The number of rotatable bonds is 0. The molecule has 0 spiro atoms. The molecule has 0 heterocycles. The summed E-state index contributed by atoms with van der Waals surface area (Å²) in [6.45, 7) is 4.47. The first-order valence-electron chi connectivity index (χ1n) is 4.09. The largest absolute Gasteiger partial charge is 0.0690 e. The van der Waals surface area contributed by atoms with Crippen LogP contribution in [0, 0.1) is 0 Å². The van der Waals surface area contributed by atoms with E-state index in [2.05, 4.69) is 66.8 Å². The Bertz CT molecular complexity index is 348. The Balaban J connectivity index is 2.66. The third-order valence-electron chi connectivity index (χ3n) is 2.58. The number of benzene rings is 1. The van der Waals surface area contributed by atoms with Crippen LogP contribution in [0.1, 0.15) is 25.0 Å². The molecule has 0 aliphatic heterocycles. The summed E-state index contributed by atoms with van der Waals surface area (Å²) >= 11 is 2.52. The van der Waals surface area contributed by atoms with Crippen molar-refractivity contribution in [2.45, 2.75) is 17.3 Å². The van der Waals surface area contributed by atoms with Gasteiger partial charge in [0.1, 0.15) is 0 Å². The summed E-state index contributed by atoms with van der Waals surface area (Å²) < 4.78 is 0.217. The molecular formula is C11H11I. The van der Waals surface area contributed by atoms with E-state index in [0.717, 1.165) is 0 Å². The molecule has 2 rings (SSSR count). The Morgan fingerprint density at radius 1 is 1.25 bits per heavy atom. The first-order valence-corrected chi connectivity index (χ1v) is 5.17. The Labute approximate surface area is 86.8 Å². The summed E-state index contributed by atoms with van der Waals surface area (Å²) in [5.74, 6) is 0. The van der Waals surface area contributed by atoms with Crippen molar-refractivity contribution in [1.82, 2.24) is 0 Å². The first-order chi connectivity index (χ1) is 5.62. The molecule has 1 aromatic rings. The van der Waals surface area contributed by atoms with E-state index in [1.165, 1.54) is 16.7 Å². The number of fused-ring (bicyclic) bond motifs is 1. The van der Waals surface area contributed by atoms with Crippen molar-refractivity contribution in [3.8, 4) is 0 Å². The quantitative estimate of drug-likeness (QED) is 0.497. The number of hydrogen-bond donors (Lipinski definition) is 0. The van der Waals surface area contributed by atoms with Gasteiger partial charge in [0.05, 0.1) is 3.42 Å². The van der Waals surface area contributed by atoms with Gasteiger partial charge in [-0.05, 0) is 25.0 Å². The zero-order valence-corrected chi connectivity index (χ0v) is 9.42. The molecule has 0 amide bonds. The fourth-order valence-electron chi connectivity index (χ4n) is 1.63. The van der Waals surface area contributed by atoms with E-state index in [1.54, 1.807) is 0 Å². The van der Waals surface area contributed by atoms with E-state index in [1.807, 2.05) is 0 Å². The van der Waals surface area contributed by atoms with Crippen LogP contribution in [0.4, 0.5) is 0 Å². The second-order valence-corrected chi connectivity index (χ2v) is 5.58. The Hall–Kier alpha value is -0.310. The number of halogens is 1. The summed E-state index contributed by atoms with van der Waals surface area (Å²) in [5, 5.41) is 0. The van der Waals surface area contributed by atoms with Crippen LogP contribution in [0.5, 0.6) is 0 Å². The van der Waals surface area contributed by atoms with Gasteiger partial charge >= 0.3 is 0 Å². The van der Waals surface area contributed by atoms with Gasteiger partial charge in [-0.15, -0.1) is 0 Å². The van der Waals surface area contributed by atoms with E-state index >= 15 is 0 Å². The molecule has 1 heteroatoms. The average Bonchev–Trinajstić information content (AvgIpc) is 2.25. The molecule has 1 aromatic carbocycles. The molecular weight excluding hydrogens is 259 g/mol. The van der Waals surface area contributed by atoms with Gasteiger partial charge in [0.15, 0.2) is 0 Å². The van der Waals surface area contributed by atoms with Crippen molar-refractivity contribution in [2.24, 2.45) is 0 Å². The third kappa shape index (κ3) is 1.03. The summed E-state index contributed by atoms with van der Waals surface area (Å²) in [5.41, 5.74) is 4.28. The molecule has 0 radical (unpaired) electrons. The highest BCUT2D eigenvalue weighted by molar-refractivity contribution is 14.1. The molecule has 1 atom stereocenters. The van der Waals surface area contributed by atoms with Gasteiger partial charge < -0.3 is 0 Å². The van der Waals surface area contributed by atoms with Crippen LogP contribution in [0.3, 0.4) is 0 Å². The van der Waals surface area contributed by atoms with Gasteiger partial charge in [0.25, 0.3) is 0 Å². The average molecular weight is 270 g/mol. The summed E-state index contributed by atoms with van der Waals surface area (Å²) in [6.07, 6.45) is 2.28. The molecule has 0 fully saturated rings. The highest BCUT2D eigenvalue weighted by atomic mass is 127. The van der Waals surface area contributed by atoms with Gasteiger partial charge in [-0.1, -0.05) is 58.5 Å². The van der Waals surface area contributed by atoms with Crippen LogP contribution in [-0.2, 0) is 3.42 Å². The van der Waals surface area contributed by atoms with E-state index in [9.17, 15) is 0 Å². The molecule has 1 unspecified atom stereocenters. The molecule has 12 heavy (non-hydrogen) atoms. The van der Waals surface area contributed by atoms with Crippen LogP contribution in [0.15, 0.2) is 29.8 Å². The van der Waals surface area contributed by atoms with Crippen molar-refractivity contribution >= 4 is 28.7 Å². The Morgan fingerprint density at radius 3 is 2.58 bits per heavy atom. The maximum absolute atomic E-state index is 2.52. The van der Waals surface area contributed by atoms with Crippen LogP contribution in [0.2, 0.25) is 0 Å². The fraction of sp³-hybridized carbons (Fsp3) is 0.273.